The fraction of sp³-hybridized carbons (Fsp3) is 0.933. The quantitative estimate of drug-likeness (QED) is 0.584. The lowest BCUT2D eigenvalue weighted by Crippen LogP contribution is -2.58. The van der Waals surface area contributed by atoms with Gasteiger partial charge in [0, 0.05) is 25.8 Å². The van der Waals surface area contributed by atoms with Crippen molar-refractivity contribution < 1.29 is 14.6 Å². The minimum atomic E-state index is -0.291. The number of hydrogen-bond donors (Lipinski definition) is 3. The van der Waals surface area contributed by atoms with Crippen LogP contribution in [0.15, 0.2) is 0 Å². The van der Waals surface area contributed by atoms with Crippen LogP contribution >= 0.6 is 0 Å². The summed E-state index contributed by atoms with van der Waals surface area (Å²) in [6, 6.07) is -0.282. The number of aliphatic hydroxyl groups excluding tert-OH is 1. The molecular weight excluding hydrogens is 256 g/mol. The number of aliphatic hydroxyl groups is 1. The molecule has 1 amide bonds. The van der Waals surface area contributed by atoms with Crippen LogP contribution in [0.5, 0.6) is 0 Å². The van der Waals surface area contributed by atoms with Gasteiger partial charge in [-0.3, -0.25) is 10.1 Å². The molecule has 5 heteroatoms. The first-order valence-electron chi connectivity index (χ1n) is 7.68. The maximum Gasteiger partial charge on any atom is 0.236 e. The Morgan fingerprint density at radius 2 is 2.30 bits per heavy atom. The molecule has 0 saturated heterocycles. The molecule has 1 saturated carbocycles. The molecule has 1 aliphatic rings. The van der Waals surface area contributed by atoms with Crippen LogP contribution in [0.25, 0.3) is 0 Å². The highest BCUT2D eigenvalue weighted by molar-refractivity contribution is 5.81. The summed E-state index contributed by atoms with van der Waals surface area (Å²) in [7, 11) is 1.65. The molecule has 0 aliphatic heterocycles. The Kier molecular flexibility index (Phi) is 7.48. The Morgan fingerprint density at radius 3 is 2.90 bits per heavy atom. The van der Waals surface area contributed by atoms with Crippen LogP contribution in [0.4, 0.5) is 0 Å². The molecule has 0 radical (unpaired) electrons. The maximum absolute atomic E-state index is 12.0. The zero-order valence-electron chi connectivity index (χ0n) is 13.1. The van der Waals surface area contributed by atoms with Gasteiger partial charge < -0.3 is 15.2 Å². The highest BCUT2D eigenvalue weighted by Gasteiger charge is 2.36. The monoisotopic (exact) mass is 286 g/mol. The minimum absolute atomic E-state index is 0.00726. The first-order valence-corrected chi connectivity index (χ1v) is 7.68. The second-order valence-corrected chi connectivity index (χ2v) is 6.14. The number of methoxy groups -OCH3 is 1. The average Bonchev–Trinajstić information content (AvgIpc) is 2.43. The average molecular weight is 286 g/mol. The lowest BCUT2D eigenvalue weighted by Gasteiger charge is -2.41. The predicted octanol–water partition coefficient (Wildman–Crippen LogP) is 1.06. The number of amides is 1. The SMILES string of the molecule is COCCCNC(=O)C(C)NC1(CO)CCCC(C)C1. The Balaban J connectivity index is 2.41. The number of nitrogens with one attached hydrogen (secondary N) is 2. The number of ether oxygens (including phenoxy) is 1. The molecule has 0 aromatic rings. The van der Waals surface area contributed by atoms with Crippen molar-refractivity contribution in [2.24, 2.45) is 5.92 Å². The standard InChI is InChI=1S/C15H30N2O3/c1-12-6-4-7-15(10-12,11-18)17-13(2)14(19)16-8-5-9-20-3/h12-13,17-18H,4-11H2,1-3H3,(H,16,19). The summed E-state index contributed by atoms with van der Waals surface area (Å²) in [5.74, 6) is 0.590. The third kappa shape index (κ3) is 5.38. The fourth-order valence-electron chi connectivity index (χ4n) is 3.09. The Labute approximate surface area is 122 Å². The first kappa shape index (κ1) is 17.4. The van der Waals surface area contributed by atoms with Crippen LogP contribution in [0.3, 0.4) is 0 Å². The van der Waals surface area contributed by atoms with Gasteiger partial charge in [0.2, 0.25) is 5.91 Å². The third-order valence-corrected chi connectivity index (χ3v) is 4.13. The van der Waals surface area contributed by atoms with Gasteiger partial charge in [0.25, 0.3) is 0 Å². The van der Waals surface area contributed by atoms with E-state index >= 15 is 0 Å². The van der Waals surface area contributed by atoms with E-state index in [4.69, 9.17) is 4.74 Å². The summed E-state index contributed by atoms with van der Waals surface area (Å²) < 4.78 is 4.95. The molecule has 0 spiro atoms. The molecule has 3 unspecified atom stereocenters. The summed E-state index contributed by atoms with van der Waals surface area (Å²) >= 11 is 0. The van der Waals surface area contributed by atoms with Crippen LogP contribution in [0.2, 0.25) is 0 Å². The molecule has 1 fully saturated rings. The number of hydrogen-bond acceptors (Lipinski definition) is 4. The van der Waals surface area contributed by atoms with Crippen molar-refractivity contribution >= 4 is 5.91 Å². The second kappa shape index (κ2) is 8.60. The van der Waals surface area contributed by atoms with Crippen LogP contribution in [0.1, 0.15) is 46.0 Å². The molecule has 0 aromatic carbocycles. The highest BCUT2D eigenvalue weighted by atomic mass is 16.5. The second-order valence-electron chi connectivity index (χ2n) is 6.14. The van der Waals surface area contributed by atoms with Gasteiger partial charge in [0.1, 0.15) is 0 Å². The first-order chi connectivity index (χ1) is 9.53. The minimum Gasteiger partial charge on any atom is -0.394 e. The Morgan fingerprint density at radius 1 is 1.55 bits per heavy atom. The smallest absolute Gasteiger partial charge is 0.236 e. The molecule has 0 aromatic heterocycles. The van der Waals surface area contributed by atoms with Crippen molar-refractivity contribution in [3.63, 3.8) is 0 Å². The topological polar surface area (TPSA) is 70.6 Å². The summed E-state index contributed by atoms with van der Waals surface area (Å²) in [6.45, 7) is 5.45. The summed E-state index contributed by atoms with van der Waals surface area (Å²) in [5, 5.41) is 16.0. The van der Waals surface area contributed by atoms with E-state index in [0.29, 0.717) is 19.1 Å². The normalized spacial score (nSPS) is 28.1. The summed E-state index contributed by atoms with van der Waals surface area (Å²) in [4.78, 5) is 12.0. The van der Waals surface area contributed by atoms with Gasteiger partial charge >= 0.3 is 0 Å². The van der Waals surface area contributed by atoms with Crippen LogP contribution in [-0.2, 0) is 9.53 Å². The summed E-state index contributed by atoms with van der Waals surface area (Å²) in [6.07, 6.45) is 5.01. The fourth-order valence-corrected chi connectivity index (χ4v) is 3.09. The van der Waals surface area contributed by atoms with Gasteiger partial charge in [-0.05, 0) is 32.1 Å². The molecule has 118 valence electrons. The van der Waals surface area contributed by atoms with E-state index in [1.165, 1.54) is 6.42 Å². The lowest BCUT2D eigenvalue weighted by molar-refractivity contribution is -0.123. The molecule has 20 heavy (non-hydrogen) atoms. The van der Waals surface area contributed by atoms with Crippen LogP contribution in [0, 0.1) is 5.92 Å². The molecule has 5 nitrogen and oxygen atoms in total. The zero-order valence-corrected chi connectivity index (χ0v) is 13.1. The van der Waals surface area contributed by atoms with E-state index in [0.717, 1.165) is 25.7 Å². The zero-order chi connectivity index (χ0) is 15.0. The number of carbonyl (C=O) groups excluding carboxylic acids is 1. The van der Waals surface area contributed by atoms with E-state index < -0.39 is 0 Å². The van der Waals surface area contributed by atoms with Crippen molar-refractivity contribution in [3.8, 4) is 0 Å². The molecule has 3 N–H and O–H groups in total. The van der Waals surface area contributed by atoms with Gasteiger partial charge in [-0.2, -0.15) is 0 Å². The van der Waals surface area contributed by atoms with E-state index in [9.17, 15) is 9.90 Å². The van der Waals surface area contributed by atoms with Gasteiger partial charge in [0.15, 0.2) is 0 Å². The number of rotatable bonds is 8. The van der Waals surface area contributed by atoms with Gasteiger partial charge in [0.05, 0.1) is 12.6 Å². The van der Waals surface area contributed by atoms with E-state index in [1.54, 1.807) is 7.11 Å². The Hall–Kier alpha value is -0.650. The molecule has 3 atom stereocenters. The van der Waals surface area contributed by atoms with Crippen molar-refractivity contribution in [3.05, 3.63) is 0 Å². The summed E-state index contributed by atoms with van der Waals surface area (Å²) in [5.41, 5.74) is -0.291. The third-order valence-electron chi connectivity index (χ3n) is 4.13. The highest BCUT2D eigenvalue weighted by Crippen LogP contribution is 2.32. The number of carbonyl (C=O) groups is 1. The predicted molar refractivity (Wildman–Crippen MR) is 79.5 cm³/mol. The molecule has 0 bridgehead atoms. The molecule has 0 heterocycles. The molecule has 1 rings (SSSR count). The van der Waals surface area contributed by atoms with Gasteiger partial charge in [-0.15, -0.1) is 0 Å². The Bertz CT molecular complexity index is 299. The van der Waals surface area contributed by atoms with Gasteiger partial charge in [-0.1, -0.05) is 19.8 Å². The van der Waals surface area contributed by atoms with Crippen LogP contribution < -0.4 is 10.6 Å². The molecular formula is C15H30N2O3. The van der Waals surface area contributed by atoms with Crippen molar-refractivity contribution in [2.45, 2.75) is 57.5 Å². The molecule has 1 aliphatic carbocycles. The largest absolute Gasteiger partial charge is 0.394 e. The van der Waals surface area contributed by atoms with Crippen molar-refractivity contribution in [1.82, 2.24) is 10.6 Å². The maximum atomic E-state index is 12.0. The van der Waals surface area contributed by atoms with E-state index in [1.807, 2.05) is 6.92 Å². The van der Waals surface area contributed by atoms with Crippen molar-refractivity contribution in [2.75, 3.05) is 26.9 Å². The lowest BCUT2D eigenvalue weighted by atomic mass is 9.76. The van der Waals surface area contributed by atoms with Crippen molar-refractivity contribution in [1.29, 1.82) is 0 Å². The van der Waals surface area contributed by atoms with Gasteiger partial charge in [-0.25, -0.2) is 0 Å². The van der Waals surface area contributed by atoms with E-state index in [2.05, 4.69) is 17.6 Å². The van der Waals surface area contributed by atoms with Crippen LogP contribution in [-0.4, -0.2) is 49.5 Å². The van der Waals surface area contributed by atoms with E-state index in [-0.39, 0.29) is 24.1 Å².